The van der Waals surface area contributed by atoms with Crippen molar-refractivity contribution in [3.8, 4) is 0 Å². The third-order valence-electron chi connectivity index (χ3n) is 4.86. The van der Waals surface area contributed by atoms with Crippen LogP contribution in [0.1, 0.15) is 16.8 Å². The lowest BCUT2D eigenvalue weighted by atomic mass is 10.1. The first-order valence-electron chi connectivity index (χ1n) is 9.91. The maximum absolute atomic E-state index is 13.0. The average Bonchev–Trinajstić information content (AvgIpc) is 3.20. The summed E-state index contributed by atoms with van der Waals surface area (Å²) in [5.41, 5.74) is 1.34. The Labute approximate surface area is 189 Å². The van der Waals surface area contributed by atoms with Gasteiger partial charge in [-0.1, -0.05) is 18.2 Å². The Morgan fingerprint density at radius 2 is 1.91 bits per heavy atom. The van der Waals surface area contributed by atoms with Crippen molar-refractivity contribution in [2.24, 2.45) is 0 Å². The molecule has 2 aromatic carbocycles. The van der Waals surface area contributed by atoms with Crippen molar-refractivity contribution in [1.29, 1.82) is 0 Å². The van der Waals surface area contributed by atoms with Gasteiger partial charge in [-0.15, -0.1) is 18.3 Å². The van der Waals surface area contributed by atoms with Crippen LogP contribution >= 0.6 is 11.8 Å². The quantitative estimate of drug-likeness (QED) is 0.309. The Hall–Kier alpha value is -3.13. The van der Waals surface area contributed by atoms with Gasteiger partial charge >= 0.3 is 12.2 Å². The van der Waals surface area contributed by atoms with Gasteiger partial charge in [0.05, 0.1) is 12.1 Å². The summed E-state index contributed by atoms with van der Waals surface area (Å²) in [7, 11) is 0. The summed E-state index contributed by atoms with van der Waals surface area (Å²) in [6, 6.07) is 16.2. The minimum Gasteiger partial charge on any atom is -0.345 e. The highest BCUT2D eigenvalue weighted by molar-refractivity contribution is 7.98. The smallest absolute Gasteiger partial charge is 0.345 e. The van der Waals surface area contributed by atoms with E-state index >= 15 is 0 Å². The van der Waals surface area contributed by atoms with Crippen molar-refractivity contribution >= 4 is 23.5 Å². The predicted molar refractivity (Wildman–Crippen MR) is 123 cm³/mol. The molecule has 1 N–H and O–H groups in total. The number of anilines is 1. The molecule has 3 rings (SSSR count). The van der Waals surface area contributed by atoms with Crippen LogP contribution in [-0.2, 0) is 19.3 Å². The lowest BCUT2D eigenvalue weighted by Crippen LogP contribution is -2.35. The zero-order valence-electron chi connectivity index (χ0n) is 17.6. The monoisotopic (exact) mass is 459 g/mol. The second kappa shape index (κ2) is 10.5. The molecule has 0 saturated carbocycles. The fourth-order valence-corrected chi connectivity index (χ4v) is 3.65. The first kappa shape index (κ1) is 23.5. The van der Waals surface area contributed by atoms with Crippen molar-refractivity contribution < 1.29 is 18.0 Å². The van der Waals surface area contributed by atoms with Crippen molar-refractivity contribution in [2.75, 3.05) is 18.1 Å². The molecule has 0 fully saturated rings. The molecular weight excluding hydrogens is 435 g/mol. The Bertz CT molecular complexity index is 1060. The number of hydrogen-bond donors (Lipinski definition) is 1. The normalized spacial score (nSPS) is 11.2. The van der Waals surface area contributed by atoms with E-state index in [0.717, 1.165) is 22.7 Å². The number of alkyl halides is 3. The van der Waals surface area contributed by atoms with Gasteiger partial charge in [-0.25, -0.2) is 4.79 Å². The molecule has 1 heterocycles. The highest BCUT2D eigenvalue weighted by Gasteiger charge is 2.30. The Morgan fingerprint density at radius 1 is 1.16 bits per heavy atom. The summed E-state index contributed by atoms with van der Waals surface area (Å²) in [5.74, 6) is 0. The summed E-state index contributed by atoms with van der Waals surface area (Å²) in [5, 5.41) is 2.88. The first-order valence-corrected chi connectivity index (χ1v) is 11.1. The Balaban J connectivity index is 1.73. The van der Waals surface area contributed by atoms with E-state index in [2.05, 4.69) is 11.9 Å². The average molecular weight is 460 g/mol. The number of thioether (sulfide) groups is 1. The Morgan fingerprint density at radius 3 is 2.56 bits per heavy atom. The van der Waals surface area contributed by atoms with Gasteiger partial charge in [0, 0.05) is 35.6 Å². The molecule has 3 aromatic rings. The van der Waals surface area contributed by atoms with Crippen LogP contribution in [0, 0.1) is 0 Å². The largest absolute Gasteiger partial charge is 0.416 e. The number of halogens is 3. The number of rotatable bonds is 8. The van der Waals surface area contributed by atoms with Crippen molar-refractivity contribution in [3.05, 3.63) is 96.3 Å². The fraction of sp³-hybridized carbons (Fsp3) is 0.208. The van der Waals surface area contributed by atoms with Gasteiger partial charge in [0.25, 0.3) is 0 Å². The maximum Gasteiger partial charge on any atom is 0.416 e. The van der Waals surface area contributed by atoms with Crippen LogP contribution in [0.4, 0.5) is 23.7 Å². The van der Waals surface area contributed by atoms with Gasteiger partial charge in [-0.3, -0.25) is 0 Å². The van der Waals surface area contributed by atoms with Crippen molar-refractivity contribution in [2.45, 2.75) is 24.2 Å². The van der Waals surface area contributed by atoms with Crippen molar-refractivity contribution in [3.63, 3.8) is 0 Å². The van der Waals surface area contributed by atoms with Gasteiger partial charge in [0.2, 0.25) is 0 Å². The second-order valence-electron chi connectivity index (χ2n) is 7.15. The molecule has 0 saturated heterocycles. The number of nitrogens with one attached hydrogen (secondary N) is 1. The molecule has 0 radical (unpaired) electrons. The molecule has 0 atom stereocenters. The zero-order chi connectivity index (χ0) is 23.1. The molecule has 0 unspecified atom stereocenters. The van der Waals surface area contributed by atoms with Gasteiger partial charge in [0.1, 0.15) is 0 Å². The van der Waals surface area contributed by atoms with Crippen LogP contribution < -0.4 is 5.32 Å². The molecule has 8 heteroatoms. The molecule has 0 spiro atoms. The number of hydrogen-bond acceptors (Lipinski definition) is 2. The number of nitrogens with zero attached hydrogens (tertiary/aromatic N) is 2. The number of amides is 2. The summed E-state index contributed by atoms with van der Waals surface area (Å²) in [4.78, 5) is 15.5. The highest BCUT2D eigenvalue weighted by Crippen LogP contribution is 2.29. The van der Waals surface area contributed by atoms with Crippen LogP contribution in [0.5, 0.6) is 0 Å². The number of benzene rings is 2. The first-order chi connectivity index (χ1) is 15.3. The van der Waals surface area contributed by atoms with Crippen LogP contribution in [0.25, 0.3) is 0 Å². The molecule has 0 aliphatic heterocycles. The van der Waals surface area contributed by atoms with E-state index in [1.165, 1.54) is 6.07 Å². The molecule has 0 aliphatic rings. The molecule has 0 aliphatic carbocycles. The number of carbonyl (C=O) groups is 1. The summed E-state index contributed by atoms with van der Waals surface area (Å²) >= 11 is 1.62. The lowest BCUT2D eigenvalue weighted by Gasteiger charge is -2.23. The third kappa shape index (κ3) is 6.20. The molecule has 4 nitrogen and oxygen atoms in total. The summed E-state index contributed by atoms with van der Waals surface area (Å²) in [6.07, 6.45) is 1.02. The van der Waals surface area contributed by atoms with Gasteiger partial charge in [0.15, 0.2) is 0 Å². The van der Waals surface area contributed by atoms with Gasteiger partial charge in [-0.05, 0) is 60.4 Å². The Kier molecular flexibility index (Phi) is 7.69. The van der Waals surface area contributed by atoms with Gasteiger partial charge < -0.3 is 14.8 Å². The number of carbonyl (C=O) groups excluding carboxylic acids is 1. The number of urea groups is 1. The second-order valence-corrected chi connectivity index (χ2v) is 8.03. The molecule has 32 heavy (non-hydrogen) atoms. The molecular formula is C24H24F3N3OS. The fourth-order valence-electron chi connectivity index (χ4n) is 3.24. The van der Waals surface area contributed by atoms with Crippen LogP contribution in [0.3, 0.4) is 0 Å². The SMILES string of the molecule is C=CCN(Cc1cccn1Cc1cccc(C(F)(F)F)c1)C(=O)Nc1ccc(SC)cc1. The zero-order valence-corrected chi connectivity index (χ0v) is 18.4. The van der Waals surface area contributed by atoms with E-state index in [-0.39, 0.29) is 19.1 Å². The van der Waals surface area contributed by atoms with E-state index in [0.29, 0.717) is 17.8 Å². The van der Waals surface area contributed by atoms with Crippen LogP contribution in [0.15, 0.2) is 84.4 Å². The van der Waals surface area contributed by atoms with Crippen LogP contribution in [0.2, 0.25) is 0 Å². The van der Waals surface area contributed by atoms with Crippen LogP contribution in [-0.4, -0.2) is 28.3 Å². The van der Waals surface area contributed by atoms with Gasteiger partial charge in [-0.2, -0.15) is 13.2 Å². The standard InChI is InChI=1S/C24H24F3N3OS/c1-3-13-30(23(31)28-20-9-11-22(32-2)12-10-20)17-21-8-5-14-29(21)16-18-6-4-7-19(15-18)24(25,26)27/h3-12,14-15H,1,13,16-17H2,2H3,(H,28,31). The van der Waals surface area contributed by atoms with Crippen molar-refractivity contribution in [1.82, 2.24) is 9.47 Å². The van der Waals surface area contributed by atoms with E-state index in [1.54, 1.807) is 35.0 Å². The summed E-state index contributed by atoms with van der Waals surface area (Å²) < 4.78 is 40.9. The third-order valence-corrected chi connectivity index (χ3v) is 5.61. The molecule has 2 amide bonds. The minimum absolute atomic E-state index is 0.270. The van der Waals surface area contributed by atoms with E-state index < -0.39 is 11.7 Å². The highest BCUT2D eigenvalue weighted by atomic mass is 32.2. The molecule has 1 aromatic heterocycles. The maximum atomic E-state index is 13.0. The predicted octanol–water partition coefficient (Wildman–Crippen LogP) is 6.50. The molecule has 0 bridgehead atoms. The van der Waals surface area contributed by atoms with E-state index in [9.17, 15) is 18.0 Å². The minimum atomic E-state index is -4.39. The lowest BCUT2D eigenvalue weighted by molar-refractivity contribution is -0.137. The van der Waals surface area contributed by atoms with E-state index in [4.69, 9.17) is 0 Å². The topological polar surface area (TPSA) is 37.3 Å². The molecule has 168 valence electrons. The number of aromatic nitrogens is 1. The summed E-state index contributed by atoms with van der Waals surface area (Å²) in [6.45, 7) is 4.60. The van der Waals surface area contributed by atoms with E-state index in [1.807, 2.05) is 47.2 Å².